The molecule has 2 aromatic rings. The van der Waals surface area contributed by atoms with Crippen molar-refractivity contribution in [3.8, 4) is 11.5 Å². The predicted octanol–water partition coefficient (Wildman–Crippen LogP) is 1.22. The van der Waals surface area contributed by atoms with E-state index in [1.807, 2.05) is 13.8 Å². The molecule has 7 N–H and O–H groups in total. The third-order valence-electron chi connectivity index (χ3n) is 3.60. The number of carbonyl (C=O) groups is 2. The highest BCUT2D eigenvalue weighted by Gasteiger charge is 2.07. The summed E-state index contributed by atoms with van der Waals surface area (Å²) in [7, 11) is 4.55. The Morgan fingerprint density at radius 1 is 0.821 bits per heavy atom. The van der Waals surface area contributed by atoms with Gasteiger partial charge in [0.25, 0.3) is 5.91 Å². The van der Waals surface area contributed by atoms with E-state index in [1.54, 1.807) is 50.6 Å². The molecule has 154 valence electrons. The van der Waals surface area contributed by atoms with Crippen molar-refractivity contribution >= 4 is 11.9 Å². The minimum absolute atomic E-state index is 0.300. The fourth-order valence-electron chi connectivity index (χ4n) is 2.23. The van der Waals surface area contributed by atoms with Crippen molar-refractivity contribution in [2.75, 3.05) is 21.3 Å². The minimum Gasteiger partial charge on any atom is -0.496 e. The summed E-state index contributed by atoms with van der Waals surface area (Å²) < 4.78 is 14.7. The van der Waals surface area contributed by atoms with Crippen LogP contribution in [0.3, 0.4) is 0 Å². The van der Waals surface area contributed by atoms with Gasteiger partial charge in [-0.2, -0.15) is 0 Å². The zero-order valence-corrected chi connectivity index (χ0v) is 16.7. The Kier molecular flexibility index (Phi) is 11.6. The molecule has 9 heteroatoms. The van der Waals surface area contributed by atoms with Crippen LogP contribution in [-0.2, 0) is 4.74 Å². The van der Waals surface area contributed by atoms with Crippen molar-refractivity contribution < 1.29 is 23.8 Å². The Morgan fingerprint density at radius 3 is 1.61 bits per heavy atom. The first-order chi connectivity index (χ1) is 13.4. The van der Waals surface area contributed by atoms with Crippen LogP contribution < -0.4 is 32.4 Å². The topological polar surface area (TPSA) is 152 Å². The molecule has 0 atom stereocenters. The number of benzene rings is 2. The van der Waals surface area contributed by atoms with Crippen molar-refractivity contribution in [2.24, 2.45) is 17.5 Å². The van der Waals surface area contributed by atoms with Crippen LogP contribution in [0.5, 0.6) is 11.5 Å². The summed E-state index contributed by atoms with van der Waals surface area (Å²) in [4.78, 5) is 22.2. The molecule has 0 radical (unpaired) electrons. The normalized spacial score (nSPS) is 9.00. The summed E-state index contributed by atoms with van der Waals surface area (Å²) in [5, 5.41) is 0. The van der Waals surface area contributed by atoms with Gasteiger partial charge in [-0.3, -0.25) is 21.9 Å². The Labute approximate surface area is 164 Å². The van der Waals surface area contributed by atoms with E-state index in [4.69, 9.17) is 15.3 Å². The molecule has 0 aliphatic carbocycles. The van der Waals surface area contributed by atoms with Crippen LogP contribution in [0, 0.1) is 13.8 Å². The second kappa shape index (κ2) is 13.1. The molecular weight excluding hydrogens is 364 g/mol. The second-order valence-corrected chi connectivity index (χ2v) is 5.33. The number of amides is 1. The number of hydrogen-bond acceptors (Lipinski definition) is 8. The largest absolute Gasteiger partial charge is 0.496 e. The van der Waals surface area contributed by atoms with Gasteiger partial charge < -0.3 is 14.2 Å². The van der Waals surface area contributed by atoms with Crippen molar-refractivity contribution in [3.05, 3.63) is 58.7 Å². The molecule has 1 amide bonds. The Morgan fingerprint density at radius 2 is 1.25 bits per heavy atom. The van der Waals surface area contributed by atoms with Gasteiger partial charge in [0.2, 0.25) is 0 Å². The van der Waals surface area contributed by atoms with Gasteiger partial charge in [0, 0.05) is 5.56 Å². The fraction of sp³-hybridized carbons (Fsp3) is 0.263. The Hall–Kier alpha value is -3.14. The summed E-state index contributed by atoms with van der Waals surface area (Å²) in [6, 6.07) is 10.3. The lowest BCUT2D eigenvalue weighted by Crippen LogP contribution is -2.29. The number of carbonyl (C=O) groups excluding carboxylic acids is 2. The number of hydrogen-bond donors (Lipinski definition) is 4. The van der Waals surface area contributed by atoms with E-state index in [2.05, 4.69) is 21.8 Å². The lowest BCUT2D eigenvalue weighted by Gasteiger charge is -2.05. The van der Waals surface area contributed by atoms with Crippen LogP contribution in [0.15, 0.2) is 36.4 Å². The highest BCUT2D eigenvalue weighted by Crippen LogP contribution is 2.19. The van der Waals surface area contributed by atoms with E-state index < -0.39 is 0 Å². The third-order valence-corrected chi connectivity index (χ3v) is 3.60. The van der Waals surface area contributed by atoms with Gasteiger partial charge in [-0.05, 0) is 61.4 Å². The van der Waals surface area contributed by atoms with E-state index in [0.29, 0.717) is 11.1 Å². The second-order valence-electron chi connectivity index (χ2n) is 5.33. The molecule has 2 rings (SSSR count). The molecule has 0 aromatic heterocycles. The maximum Gasteiger partial charge on any atom is 0.337 e. The summed E-state index contributed by atoms with van der Waals surface area (Å²) in [6.45, 7) is 3.75. The summed E-state index contributed by atoms with van der Waals surface area (Å²) in [6.07, 6.45) is 0. The SMILES string of the molecule is COC(=O)c1ccc(OC)c(C)c1.COc1ccc(C(=O)NN)cc1C.NN. The lowest BCUT2D eigenvalue weighted by molar-refractivity contribution is 0.0600. The number of methoxy groups -OCH3 is 3. The molecule has 28 heavy (non-hydrogen) atoms. The van der Waals surface area contributed by atoms with E-state index in [-0.39, 0.29) is 11.9 Å². The average Bonchev–Trinajstić information content (AvgIpc) is 2.74. The highest BCUT2D eigenvalue weighted by atomic mass is 16.5. The predicted molar refractivity (Wildman–Crippen MR) is 107 cm³/mol. The van der Waals surface area contributed by atoms with Crippen LogP contribution in [0.25, 0.3) is 0 Å². The van der Waals surface area contributed by atoms with Crippen LogP contribution in [-0.4, -0.2) is 33.2 Å². The van der Waals surface area contributed by atoms with Crippen molar-refractivity contribution in [2.45, 2.75) is 13.8 Å². The zero-order chi connectivity index (χ0) is 21.7. The van der Waals surface area contributed by atoms with E-state index in [9.17, 15) is 9.59 Å². The monoisotopic (exact) mass is 392 g/mol. The Balaban J connectivity index is 0.000000478. The van der Waals surface area contributed by atoms with Crippen molar-refractivity contribution in [1.82, 2.24) is 5.43 Å². The quantitative estimate of drug-likeness (QED) is 0.262. The number of esters is 1. The van der Waals surface area contributed by atoms with E-state index in [0.717, 1.165) is 22.6 Å². The van der Waals surface area contributed by atoms with Crippen LogP contribution >= 0.6 is 0 Å². The molecule has 0 saturated heterocycles. The molecule has 0 aliphatic heterocycles. The molecule has 0 aliphatic rings. The highest BCUT2D eigenvalue weighted by molar-refractivity contribution is 5.94. The molecule has 0 fully saturated rings. The third kappa shape index (κ3) is 7.23. The first kappa shape index (κ1) is 24.9. The summed E-state index contributed by atoms with van der Waals surface area (Å²) in [5.41, 5.74) is 4.96. The van der Waals surface area contributed by atoms with Crippen molar-refractivity contribution in [1.29, 1.82) is 0 Å². The number of rotatable bonds is 4. The van der Waals surface area contributed by atoms with Gasteiger partial charge in [-0.25, -0.2) is 10.6 Å². The first-order valence-electron chi connectivity index (χ1n) is 8.09. The lowest BCUT2D eigenvalue weighted by atomic mass is 10.1. The number of ether oxygens (including phenoxy) is 3. The van der Waals surface area contributed by atoms with Crippen molar-refractivity contribution in [3.63, 3.8) is 0 Å². The van der Waals surface area contributed by atoms with Gasteiger partial charge in [-0.1, -0.05) is 0 Å². The molecule has 0 heterocycles. The number of nitrogen functional groups attached to an aromatic ring is 1. The Bertz CT molecular complexity index is 715. The smallest absolute Gasteiger partial charge is 0.337 e. The first-order valence-corrected chi connectivity index (χ1v) is 8.09. The minimum atomic E-state index is -0.328. The molecule has 0 spiro atoms. The number of nitrogens with two attached hydrogens (primary N) is 3. The number of aryl methyl sites for hydroxylation is 2. The molecule has 0 unspecified atom stereocenters. The number of nitrogens with one attached hydrogen (secondary N) is 1. The van der Waals surface area contributed by atoms with E-state index in [1.165, 1.54) is 7.11 Å². The van der Waals surface area contributed by atoms with Crippen LogP contribution in [0.1, 0.15) is 31.8 Å². The van der Waals surface area contributed by atoms with Gasteiger partial charge in [-0.15, -0.1) is 0 Å². The molecule has 0 saturated carbocycles. The molecule has 2 aromatic carbocycles. The van der Waals surface area contributed by atoms with E-state index >= 15 is 0 Å². The summed E-state index contributed by atoms with van der Waals surface area (Å²) in [5.74, 6) is 13.9. The van der Waals surface area contributed by atoms with Gasteiger partial charge in [0.15, 0.2) is 0 Å². The maximum atomic E-state index is 11.1. The molecular formula is C19H28N4O5. The summed E-state index contributed by atoms with van der Waals surface area (Å²) >= 11 is 0. The molecule has 9 nitrogen and oxygen atoms in total. The van der Waals surface area contributed by atoms with Crippen LogP contribution in [0.2, 0.25) is 0 Å². The number of hydrazine groups is 2. The zero-order valence-electron chi connectivity index (χ0n) is 16.7. The van der Waals surface area contributed by atoms with Gasteiger partial charge in [0.05, 0.1) is 26.9 Å². The fourth-order valence-corrected chi connectivity index (χ4v) is 2.23. The van der Waals surface area contributed by atoms with Gasteiger partial charge >= 0.3 is 5.97 Å². The van der Waals surface area contributed by atoms with Crippen LogP contribution in [0.4, 0.5) is 0 Å². The maximum absolute atomic E-state index is 11.1. The van der Waals surface area contributed by atoms with Gasteiger partial charge in [0.1, 0.15) is 11.5 Å². The average molecular weight is 392 g/mol. The molecule has 0 bridgehead atoms. The standard InChI is InChI=1S/C10H12O3.C9H12N2O2.H4N2/c1-7-6-8(10(11)13-3)4-5-9(7)12-2;1-6-5-7(9(12)11-10)3-4-8(6)13-2;1-2/h4-6H,1-3H3;3-5H,10H2,1-2H3,(H,11,12);1-2H2.